The Labute approximate surface area is 120 Å². The molecule has 0 spiro atoms. The molecule has 0 aliphatic rings. The number of aromatic amines is 1. The second-order valence-electron chi connectivity index (χ2n) is 4.14. The maximum atomic E-state index is 11.7. The Balaban J connectivity index is 1.66. The smallest absolute Gasteiger partial charge is 0.226 e. The molecule has 0 radical (unpaired) electrons. The number of aromatic nitrogens is 3. The summed E-state index contributed by atoms with van der Waals surface area (Å²) in [4.78, 5) is 16.1. The number of anilines is 1. The number of hydrogen-bond donors (Lipinski definition) is 2. The van der Waals surface area contributed by atoms with Crippen molar-refractivity contribution in [1.82, 2.24) is 15.2 Å². The Morgan fingerprint density at radius 3 is 3.00 bits per heavy atom. The van der Waals surface area contributed by atoms with Gasteiger partial charge in [-0.05, 0) is 13.8 Å². The van der Waals surface area contributed by atoms with Gasteiger partial charge in [-0.1, -0.05) is 0 Å². The molecule has 0 fully saturated rings. The van der Waals surface area contributed by atoms with Gasteiger partial charge < -0.3 is 5.32 Å². The number of carbonyl (C=O) groups is 1. The van der Waals surface area contributed by atoms with Crippen molar-refractivity contribution in [2.75, 3.05) is 11.1 Å². The number of nitrogens with one attached hydrogen (secondary N) is 2. The zero-order valence-corrected chi connectivity index (χ0v) is 12.5. The fraction of sp³-hybridized carbons (Fsp3) is 0.417. The summed E-state index contributed by atoms with van der Waals surface area (Å²) in [6, 6.07) is 0. The van der Waals surface area contributed by atoms with Gasteiger partial charge in [0.25, 0.3) is 0 Å². The first-order chi connectivity index (χ1) is 9.15. The van der Waals surface area contributed by atoms with Gasteiger partial charge in [-0.15, -0.1) is 11.3 Å². The second-order valence-corrected chi connectivity index (χ2v) is 6.30. The van der Waals surface area contributed by atoms with E-state index in [0.29, 0.717) is 12.2 Å². The summed E-state index contributed by atoms with van der Waals surface area (Å²) in [7, 11) is 0. The molecule has 2 aromatic heterocycles. The van der Waals surface area contributed by atoms with Crippen molar-refractivity contribution in [3.05, 3.63) is 27.8 Å². The largest absolute Gasteiger partial charge is 0.311 e. The minimum absolute atomic E-state index is 0.00862. The Hall–Kier alpha value is -1.34. The summed E-state index contributed by atoms with van der Waals surface area (Å²) in [5.74, 6) is 2.34. The van der Waals surface area contributed by atoms with Crippen LogP contribution in [0.4, 0.5) is 5.82 Å². The SMILES string of the molecule is Cc1nc(CSCCC(=O)Nc2[nH]ncc2C)cs1. The topological polar surface area (TPSA) is 70.7 Å². The summed E-state index contributed by atoms with van der Waals surface area (Å²) < 4.78 is 0. The molecule has 0 saturated heterocycles. The third kappa shape index (κ3) is 4.36. The molecule has 0 atom stereocenters. The lowest BCUT2D eigenvalue weighted by Crippen LogP contribution is -2.13. The highest BCUT2D eigenvalue weighted by Crippen LogP contribution is 2.16. The number of rotatable bonds is 6. The van der Waals surface area contributed by atoms with Crippen LogP contribution in [-0.2, 0) is 10.5 Å². The van der Waals surface area contributed by atoms with E-state index >= 15 is 0 Å². The van der Waals surface area contributed by atoms with Crippen molar-refractivity contribution < 1.29 is 4.79 Å². The van der Waals surface area contributed by atoms with Crippen molar-refractivity contribution in [2.24, 2.45) is 0 Å². The molecule has 102 valence electrons. The molecule has 2 N–H and O–H groups in total. The zero-order valence-electron chi connectivity index (χ0n) is 10.9. The van der Waals surface area contributed by atoms with Crippen LogP contribution in [0.5, 0.6) is 0 Å². The average Bonchev–Trinajstić information content (AvgIpc) is 2.95. The fourth-order valence-electron chi connectivity index (χ4n) is 1.49. The lowest BCUT2D eigenvalue weighted by molar-refractivity contribution is -0.115. The van der Waals surface area contributed by atoms with Gasteiger partial charge in [0.15, 0.2) is 0 Å². The van der Waals surface area contributed by atoms with E-state index in [-0.39, 0.29) is 5.91 Å². The molecule has 2 aromatic rings. The van der Waals surface area contributed by atoms with Gasteiger partial charge in [-0.2, -0.15) is 16.9 Å². The van der Waals surface area contributed by atoms with Gasteiger partial charge >= 0.3 is 0 Å². The van der Waals surface area contributed by atoms with Crippen LogP contribution in [-0.4, -0.2) is 26.8 Å². The molecule has 0 saturated carbocycles. The van der Waals surface area contributed by atoms with Crippen LogP contribution < -0.4 is 5.32 Å². The molecular formula is C12H16N4OS2. The van der Waals surface area contributed by atoms with Crippen molar-refractivity contribution in [1.29, 1.82) is 0 Å². The van der Waals surface area contributed by atoms with Gasteiger partial charge in [0.05, 0.1) is 16.9 Å². The van der Waals surface area contributed by atoms with Crippen LogP contribution in [0.3, 0.4) is 0 Å². The van der Waals surface area contributed by atoms with E-state index in [9.17, 15) is 4.79 Å². The minimum Gasteiger partial charge on any atom is -0.311 e. The van der Waals surface area contributed by atoms with E-state index in [0.717, 1.165) is 27.8 Å². The van der Waals surface area contributed by atoms with Crippen LogP contribution in [0, 0.1) is 13.8 Å². The average molecular weight is 296 g/mol. The van der Waals surface area contributed by atoms with E-state index in [1.54, 1.807) is 29.3 Å². The van der Waals surface area contributed by atoms with Crippen LogP contribution in [0.25, 0.3) is 0 Å². The van der Waals surface area contributed by atoms with Crippen molar-refractivity contribution in [2.45, 2.75) is 26.0 Å². The molecule has 5 nitrogen and oxygen atoms in total. The fourth-order valence-corrected chi connectivity index (χ4v) is 3.04. The Morgan fingerprint density at radius 1 is 1.53 bits per heavy atom. The Bertz CT molecular complexity index is 549. The number of H-pyrrole nitrogens is 1. The van der Waals surface area contributed by atoms with E-state index < -0.39 is 0 Å². The molecule has 2 heterocycles. The number of thioether (sulfide) groups is 1. The summed E-state index contributed by atoms with van der Waals surface area (Å²) in [6.07, 6.45) is 2.18. The number of hydrogen-bond acceptors (Lipinski definition) is 5. The van der Waals surface area contributed by atoms with Gasteiger partial charge in [0.1, 0.15) is 5.82 Å². The molecule has 0 bridgehead atoms. The summed E-state index contributed by atoms with van der Waals surface area (Å²) >= 11 is 3.38. The summed E-state index contributed by atoms with van der Waals surface area (Å²) in [6.45, 7) is 3.90. The number of nitrogens with zero attached hydrogens (tertiary/aromatic N) is 2. The maximum Gasteiger partial charge on any atom is 0.226 e. The van der Waals surface area contributed by atoms with Crippen LogP contribution >= 0.6 is 23.1 Å². The molecule has 1 amide bonds. The number of carbonyl (C=O) groups excluding carboxylic acids is 1. The molecule has 0 aliphatic heterocycles. The summed E-state index contributed by atoms with van der Waals surface area (Å²) in [5.41, 5.74) is 2.04. The first-order valence-corrected chi connectivity index (χ1v) is 7.97. The Kier molecular flexibility index (Phi) is 4.98. The molecule has 19 heavy (non-hydrogen) atoms. The van der Waals surface area contributed by atoms with E-state index in [1.807, 2.05) is 13.8 Å². The highest BCUT2D eigenvalue weighted by atomic mass is 32.2. The standard InChI is InChI=1S/C12H16N4OS2/c1-8-5-13-16-12(8)15-11(17)3-4-18-6-10-7-19-9(2)14-10/h5,7H,3-4,6H2,1-2H3,(H2,13,15,16,17). The lowest BCUT2D eigenvalue weighted by atomic mass is 10.3. The molecule has 0 aromatic carbocycles. The molecule has 0 unspecified atom stereocenters. The third-order valence-electron chi connectivity index (χ3n) is 2.48. The van der Waals surface area contributed by atoms with E-state index in [4.69, 9.17) is 0 Å². The monoisotopic (exact) mass is 296 g/mol. The molecule has 2 rings (SSSR count). The van der Waals surface area contributed by atoms with Crippen LogP contribution in [0.1, 0.15) is 22.7 Å². The quantitative estimate of drug-likeness (QED) is 0.804. The molecule has 0 aliphatic carbocycles. The maximum absolute atomic E-state index is 11.7. The number of thiazole rings is 1. The number of amides is 1. The Morgan fingerprint density at radius 2 is 2.37 bits per heavy atom. The van der Waals surface area contributed by atoms with Gasteiger partial charge in [-0.25, -0.2) is 4.98 Å². The van der Waals surface area contributed by atoms with Crippen LogP contribution in [0.15, 0.2) is 11.6 Å². The van der Waals surface area contributed by atoms with Crippen molar-refractivity contribution in [3.63, 3.8) is 0 Å². The molecule has 7 heteroatoms. The highest BCUT2D eigenvalue weighted by Gasteiger charge is 2.06. The van der Waals surface area contributed by atoms with Gasteiger partial charge in [-0.3, -0.25) is 9.89 Å². The second kappa shape index (κ2) is 6.72. The zero-order chi connectivity index (χ0) is 13.7. The summed E-state index contributed by atoms with van der Waals surface area (Å²) in [5, 5.41) is 12.6. The van der Waals surface area contributed by atoms with Crippen LogP contribution in [0.2, 0.25) is 0 Å². The molecular weight excluding hydrogens is 280 g/mol. The van der Waals surface area contributed by atoms with Crippen molar-refractivity contribution >= 4 is 34.8 Å². The third-order valence-corrected chi connectivity index (χ3v) is 4.30. The van der Waals surface area contributed by atoms with E-state index in [2.05, 4.69) is 25.9 Å². The minimum atomic E-state index is 0.00862. The van der Waals surface area contributed by atoms with E-state index in [1.165, 1.54) is 0 Å². The van der Waals surface area contributed by atoms with Crippen molar-refractivity contribution in [3.8, 4) is 0 Å². The predicted molar refractivity (Wildman–Crippen MR) is 79.6 cm³/mol. The number of aryl methyl sites for hydroxylation is 2. The first-order valence-electron chi connectivity index (χ1n) is 5.93. The predicted octanol–water partition coefficient (Wildman–Crippen LogP) is 2.75. The normalized spacial score (nSPS) is 10.6. The first kappa shape index (κ1) is 14.1. The van der Waals surface area contributed by atoms with Gasteiger partial charge in [0, 0.05) is 28.9 Å². The lowest BCUT2D eigenvalue weighted by Gasteiger charge is -2.03. The highest BCUT2D eigenvalue weighted by molar-refractivity contribution is 7.98. The van der Waals surface area contributed by atoms with Gasteiger partial charge in [0.2, 0.25) is 5.91 Å².